The highest BCUT2D eigenvalue weighted by molar-refractivity contribution is 5.88. The molecule has 3 N–H and O–H groups in total. The number of nitrogens with zero attached hydrogens (tertiary/aromatic N) is 4. The normalized spacial score (nSPS) is 17.2. The van der Waals surface area contributed by atoms with Gasteiger partial charge in [-0.05, 0) is 37.0 Å². The largest absolute Gasteiger partial charge is 0.368 e. The fourth-order valence-electron chi connectivity index (χ4n) is 2.96. The van der Waals surface area contributed by atoms with Gasteiger partial charge in [-0.3, -0.25) is 0 Å². The van der Waals surface area contributed by atoms with Gasteiger partial charge in [0.15, 0.2) is 0 Å². The Balaban J connectivity index is 1.60. The zero-order valence-electron chi connectivity index (χ0n) is 12.0. The molecule has 2 aromatic heterocycles. The molecule has 6 nitrogen and oxygen atoms in total. The number of rotatable bonds is 2. The molecule has 1 unspecified atom stereocenters. The third-order valence-corrected chi connectivity index (χ3v) is 4.05. The third kappa shape index (κ3) is 2.32. The van der Waals surface area contributed by atoms with Crippen LogP contribution in [0.3, 0.4) is 0 Å². The second kappa shape index (κ2) is 5.22. The summed E-state index contributed by atoms with van der Waals surface area (Å²) in [6.45, 7) is 0. The Morgan fingerprint density at radius 1 is 1.14 bits per heavy atom. The van der Waals surface area contributed by atoms with Crippen molar-refractivity contribution in [1.29, 1.82) is 0 Å². The molecule has 1 aliphatic rings. The molecule has 22 heavy (non-hydrogen) atoms. The van der Waals surface area contributed by atoms with Gasteiger partial charge < -0.3 is 11.1 Å². The summed E-state index contributed by atoms with van der Waals surface area (Å²) in [5.74, 6) is 1.24. The standard InChI is InChI=1S/C16H16N6/c17-16-18-8-10-7-11(5-6-13(10)22-16)21-15-12-3-1-2-4-14(12)19-9-20-15/h1-4,8-9,11H,5-7H2,(H2,17,18,22)(H,19,20,21). The molecule has 2 heterocycles. The minimum atomic E-state index is 0.318. The highest BCUT2D eigenvalue weighted by Crippen LogP contribution is 2.25. The molecule has 0 bridgehead atoms. The molecule has 0 amide bonds. The van der Waals surface area contributed by atoms with E-state index < -0.39 is 0 Å². The average molecular weight is 292 g/mol. The smallest absolute Gasteiger partial charge is 0.220 e. The number of nitrogens with two attached hydrogens (primary N) is 1. The van der Waals surface area contributed by atoms with Gasteiger partial charge in [-0.25, -0.2) is 19.9 Å². The van der Waals surface area contributed by atoms with E-state index in [1.807, 2.05) is 30.5 Å². The summed E-state index contributed by atoms with van der Waals surface area (Å²) in [7, 11) is 0. The molecule has 4 rings (SSSR count). The fraction of sp³-hybridized carbons (Fsp3) is 0.250. The van der Waals surface area contributed by atoms with E-state index in [0.717, 1.165) is 47.2 Å². The van der Waals surface area contributed by atoms with Crippen LogP contribution in [-0.2, 0) is 12.8 Å². The van der Waals surface area contributed by atoms with Crippen molar-refractivity contribution in [1.82, 2.24) is 19.9 Å². The Morgan fingerprint density at radius 2 is 2.05 bits per heavy atom. The van der Waals surface area contributed by atoms with E-state index in [1.54, 1.807) is 6.33 Å². The predicted octanol–water partition coefficient (Wildman–Crippen LogP) is 1.97. The van der Waals surface area contributed by atoms with E-state index in [0.29, 0.717) is 12.0 Å². The lowest BCUT2D eigenvalue weighted by Crippen LogP contribution is -2.28. The van der Waals surface area contributed by atoms with Gasteiger partial charge in [-0.1, -0.05) is 12.1 Å². The Hall–Kier alpha value is -2.76. The molecule has 6 heteroatoms. The van der Waals surface area contributed by atoms with Crippen LogP contribution in [0.15, 0.2) is 36.8 Å². The number of hydrogen-bond donors (Lipinski definition) is 2. The first-order valence-corrected chi connectivity index (χ1v) is 7.36. The lowest BCUT2D eigenvalue weighted by atomic mass is 9.93. The maximum absolute atomic E-state index is 5.65. The van der Waals surface area contributed by atoms with Gasteiger partial charge in [0.25, 0.3) is 0 Å². The number of anilines is 2. The fourth-order valence-corrected chi connectivity index (χ4v) is 2.96. The molecule has 3 aromatic rings. The molecular weight excluding hydrogens is 276 g/mol. The molecule has 110 valence electrons. The average Bonchev–Trinajstić information content (AvgIpc) is 2.55. The first kappa shape index (κ1) is 12.9. The van der Waals surface area contributed by atoms with Crippen molar-refractivity contribution in [2.45, 2.75) is 25.3 Å². The number of para-hydroxylation sites is 1. The molecular formula is C16H16N6. The second-order valence-electron chi connectivity index (χ2n) is 5.52. The van der Waals surface area contributed by atoms with Crippen LogP contribution >= 0.6 is 0 Å². The molecule has 0 radical (unpaired) electrons. The van der Waals surface area contributed by atoms with Crippen LogP contribution in [-0.4, -0.2) is 26.0 Å². The minimum Gasteiger partial charge on any atom is -0.368 e. The maximum atomic E-state index is 5.65. The molecule has 1 aliphatic carbocycles. The van der Waals surface area contributed by atoms with E-state index in [1.165, 1.54) is 0 Å². The SMILES string of the molecule is Nc1ncc2c(n1)CCC(Nc1ncnc3ccccc13)C2. The van der Waals surface area contributed by atoms with Crippen molar-refractivity contribution in [3.8, 4) is 0 Å². The molecule has 0 saturated heterocycles. The van der Waals surface area contributed by atoms with Crippen molar-refractivity contribution < 1.29 is 0 Å². The lowest BCUT2D eigenvalue weighted by Gasteiger charge is -2.25. The van der Waals surface area contributed by atoms with Gasteiger partial charge in [0.05, 0.1) is 5.52 Å². The number of nitrogen functional groups attached to an aromatic ring is 1. The molecule has 0 spiro atoms. The molecule has 0 saturated carbocycles. The summed E-state index contributed by atoms with van der Waals surface area (Å²) < 4.78 is 0. The van der Waals surface area contributed by atoms with Gasteiger partial charge in [0.1, 0.15) is 12.1 Å². The summed E-state index contributed by atoms with van der Waals surface area (Å²) >= 11 is 0. The van der Waals surface area contributed by atoms with Gasteiger partial charge >= 0.3 is 0 Å². The van der Waals surface area contributed by atoms with Gasteiger partial charge in [-0.2, -0.15) is 0 Å². The highest BCUT2D eigenvalue weighted by atomic mass is 15.0. The number of benzene rings is 1. The number of fused-ring (bicyclic) bond motifs is 2. The quantitative estimate of drug-likeness (QED) is 0.750. The monoisotopic (exact) mass is 292 g/mol. The molecule has 0 aliphatic heterocycles. The first-order valence-electron chi connectivity index (χ1n) is 7.36. The van der Waals surface area contributed by atoms with Crippen LogP contribution in [0.5, 0.6) is 0 Å². The second-order valence-corrected chi connectivity index (χ2v) is 5.52. The van der Waals surface area contributed by atoms with Gasteiger partial charge in [0.2, 0.25) is 5.95 Å². The van der Waals surface area contributed by atoms with Crippen molar-refractivity contribution in [2.75, 3.05) is 11.1 Å². The summed E-state index contributed by atoms with van der Waals surface area (Å²) in [6, 6.07) is 8.34. The highest BCUT2D eigenvalue weighted by Gasteiger charge is 2.21. The van der Waals surface area contributed by atoms with E-state index in [2.05, 4.69) is 25.3 Å². The Labute approximate surface area is 127 Å². The van der Waals surface area contributed by atoms with Crippen molar-refractivity contribution in [3.05, 3.63) is 48.0 Å². The predicted molar refractivity (Wildman–Crippen MR) is 85.4 cm³/mol. The lowest BCUT2D eigenvalue weighted by molar-refractivity contribution is 0.595. The van der Waals surface area contributed by atoms with Gasteiger partial charge in [0, 0.05) is 23.3 Å². The van der Waals surface area contributed by atoms with E-state index >= 15 is 0 Å². The van der Waals surface area contributed by atoms with Crippen LogP contribution in [0, 0.1) is 0 Å². The number of hydrogen-bond acceptors (Lipinski definition) is 6. The number of nitrogens with one attached hydrogen (secondary N) is 1. The van der Waals surface area contributed by atoms with E-state index in [9.17, 15) is 0 Å². The van der Waals surface area contributed by atoms with Gasteiger partial charge in [-0.15, -0.1) is 0 Å². The summed E-state index contributed by atoms with van der Waals surface area (Å²) in [4.78, 5) is 17.1. The third-order valence-electron chi connectivity index (χ3n) is 4.05. The topological polar surface area (TPSA) is 89.6 Å². The maximum Gasteiger partial charge on any atom is 0.220 e. The summed E-state index contributed by atoms with van der Waals surface area (Å²) in [5, 5.41) is 4.59. The minimum absolute atomic E-state index is 0.318. The van der Waals surface area contributed by atoms with Crippen LogP contribution in [0.2, 0.25) is 0 Å². The van der Waals surface area contributed by atoms with Crippen LogP contribution in [0.1, 0.15) is 17.7 Å². The van der Waals surface area contributed by atoms with Crippen molar-refractivity contribution in [3.63, 3.8) is 0 Å². The zero-order chi connectivity index (χ0) is 14.9. The Kier molecular flexibility index (Phi) is 3.07. The van der Waals surface area contributed by atoms with Crippen LogP contribution in [0.4, 0.5) is 11.8 Å². The zero-order valence-corrected chi connectivity index (χ0v) is 12.0. The van der Waals surface area contributed by atoms with Crippen molar-refractivity contribution in [2.24, 2.45) is 0 Å². The Morgan fingerprint density at radius 3 is 3.00 bits per heavy atom. The molecule has 1 atom stereocenters. The molecule has 0 fully saturated rings. The summed E-state index contributed by atoms with van der Waals surface area (Å²) in [6.07, 6.45) is 6.23. The summed E-state index contributed by atoms with van der Waals surface area (Å²) in [5.41, 5.74) is 8.83. The van der Waals surface area contributed by atoms with Crippen molar-refractivity contribution >= 4 is 22.7 Å². The Bertz CT molecular complexity index is 826. The van der Waals surface area contributed by atoms with Crippen LogP contribution in [0.25, 0.3) is 10.9 Å². The van der Waals surface area contributed by atoms with E-state index in [4.69, 9.17) is 5.73 Å². The first-order chi connectivity index (χ1) is 10.8. The van der Waals surface area contributed by atoms with Crippen LogP contribution < -0.4 is 11.1 Å². The number of aryl methyl sites for hydroxylation is 1. The molecule has 1 aromatic carbocycles. The van der Waals surface area contributed by atoms with E-state index in [-0.39, 0.29) is 0 Å². The number of aromatic nitrogens is 4.